The number of allylic oxidation sites excluding steroid dienone is 3. The second-order valence-corrected chi connectivity index (χ2v) is 6.96. The van der Waals surface area contributed by atoms with Gasteiger partial charge in [-0.15, -0.1) is 0 Å². The van der Waals surface area contributed by atoms with E-state index in [2.05, 4.69) is 82.8 Å². The number of aliphatic imine (C=N–C) groups is 1. The van der Waals surface area contributed by atoms with E-state index in [0.29, 0.717) is 0 Å². The Balaban J connectivity index is 2.24. The van der Waals surface area contributed by atoms with Crippen LogP contribution >= 0.6 is 0 Å². The molecule has 1 nitrogen and oxygen atoms in total. The Morgan fingerprint density at radius 1 is 0.840 bits per heavy atom. The van der Waals surface area contributed by atoms with E-state index in [1.165, 1.54) is 27.8 Å². The molecule has 0 saturated heterocycles. The van der Waals surface area contributed by atoms with Crippen molar-refractivity contribution < 1.29 is 0 Å². The fraction of sp³-hybridized carbons (Fsp3) is 0.292. The molecule has 0 saturated carbocycles. The molecule has 2 rings (SSSR count). The minimum atomic E-state index is 0.826. The van der Waals surface area contributed by atoms with Crippen molar-refractivity contribution in [3.8, 4) is 0 Å². The van der Waals surface area contributed by atoms with Crippen LogP contribution in [0.15, 0.2) is 76.9 Å². The standard InChI is InChI=1S/C24H29N/c1-17(2)24(16-23-13-12-18(3)19(4)14-23)25-21(6)20(5)15-22-10-8-7-9-11-22/h7-14H,1,15-16H2,2-6H3/b21-20-,25-24-. The molecule has 0 bridgehead atoms. The Morgan fingerprint density at radius 2 is 1.52 bits per heavy atom. The molecular formula is C24H29N. The van der Waals surface area contributed by atoms with Crippen molar-refractivity contribution in [2.45, 2.75) is 47.5 Å². The molecule has 0 amide bonds. The lowest BCUT2D eigenvalue weighted by Gasteiger charge is -2.11. The van der Waals surface area contributed by atoms with Crippen LogP contribution in [0, 0.1) is 13.8 Å². The largest absolute Gasteiger partial charge is 0.258 e. The van der Waals surface area contributed by atoms with Crippen LogP contribution in [0.4, 0.5) is 0 Å². The molecule has 0 aliphatic carbocycles. The first-order chi connectivity index (χ1) is 11.9. The average molecular weight is 332 g/mol. The third kappa shape index (κ3) is 5.56. The molecule has 2 aromatic rings. The van der Waals surface area contributed by atoms with Gasteiger partial charge in [-0.1, -0.05) is 55.1 Å². The highest BCUT2D eigenvalue weighted by Gasteiger charge is 2.06. The summed E-state index contributed by atoms with van der Waals surface area (Å²) in [4.78, 5) is 4.92. The second kappa shape index (κ2) is 8.62. The molecule has 2 aromatic carbocycles. The van der Waals surface area contributed by atoms with Crippen LogP contribution in [-0.2, 0) is 12.8 Å². The number of rotatable bonds is 6. The fourth-order valence-corrected chi connectivity index (χ4v) is 2.72. The van der Waals surface area contributed by atoms with Gasteiger partial charge in [0.2, 0.25) is 0 Å². The number of benzene rings is 2. The summed E-state index contributed by atoms with van der Waals surface area (Å²) in [5.74, 6) is 0. The van der Waals surface area contributed by atoms with Gasteiger partial charge in [-0.3, -0.25) is 4.99 Å². The zero-order valence-electron chi connectivity index (χ0n) is 16.2. The van der Waals surface area contributed by atoms with Crippen LogP contribution in [0.5, 0.6) is 0 Å². The van der Waals surface area contributed by atoms with E-state index in [0.717, 1.165) is 29.8 Å². The summed E-state index contributed by atoms with van der Waals surface area (Å²) in [5.41, 5.74) is 9.74. The highest BCUT2D eigenvalue weighted by atomic mass is 14.8. The van der Waals surface area contributed by atoms with Gasteiger partial charge in [0.25, 0.3) is 0 Å². The SMILES string of the molecule is C=C(C)/C(Cc1ccc(C)c(C)c1)=N\C(C)=C(\C)Cc1ccccc1. The Morgan fingerprint density at radius 3 is 2.12 bits per heavy atom. The van der Waals surface area contributed by atoms with Crippen LogP contribution in [-0.4, -0.2) is 5.71 Å². The molecule has 0 heterocycles. The molecule has 25 heavy (non-hydrogen) atoms. The Labute approximate surface area is 152 Å². The van der Waals surface area contributed by atoms with Gasteiger partial charge in [0.15, 0.2) is 0 Å². The molecule has 0 N–H and O–H groups in total. The normalized spacial score (nSPS) is 12.8. The predicted molar refractivity (Wildman–Crippen MR) is 110 cm³/mol. The van der Waals surface area contributed by atoms with Crippen LogP contribution in [0.25, 0.3) is 0 Å². The molecule has 0 aliphatic heterocycles. The first-order valence-corrected chi connectivity index (χ1v) is 8.86. The van der Waals surface area contributed by atoms with Gasteiger partial charge in [0.1, 0.15) is 0 Å². The van der Waals surface area contributed by atoms with Crippen LogP contribution < -0.4 is 0 Å². The molecule has 0 unspecified atom stereocenters. The van der Waals surface area contributed by atoms with E-state index in [9.17, 15) is 0 Å². The number of aryl methyl sites for hydroxylation is 2. The summed E-state index contributed by atoms with van der Waals surface area (Å²) in [7, 11) is 0. The van der Waals surface area contributed by atoms with E-state index in [1.54, 1.807) is 0 Å². The first-order valence-electron chi connectivity index (χ1n) is 8.86. The van der Waals surface area contributed by atoms with Gasteiger partial charge in [-0.2, -0.15) is 0 Å². The minimum Gasteiger partial charge on any atom is -0.258 e. The van der Waals surface area contributed by atoms with Gasteiger partial charge in [-0.05, 0) is 74.4 Å². The van der Waals surface area contributed by atoms with Crippen LogP contribution in [0.1, 0.15) is 43.0 Å². The summed E-state index contributed by atoms with van der Waals surface area (Å²) in [6, 6.07) is 17.2. The molecule has 0 aliphatic rings. The van der Waals surface area contributed by atoms with E-state index in [-0.39, 0.29) is 0 Å². The van der Waals surface area contributed by atoms with Gasteiger partial charge in [-0.25, -0.2) is 0 Å². The van der Waals surface area contributed by atoms with Crippen LogP contribution in [0.3, 0.4) is 0 Å². The second-order valence-electron chi connectivity index (χ2n) is 6.96. The van der Waals surface area contributed by atoms with Gasteiger partial charge < -0.3 is 0 Å². The predicted octanol–water partition coefficient (Wildman–Crippen LogP) is 6.40. The summed E-state index contributed by atoms with van der Waals surface area (Å²) in [5, 5.41) is 0. The molecule has 0 spiro atoms. The molecule has 1 heteroatoms. The molecular weight excluding hydrogens is 302 g/mol. The lowest BCUT2D eigenvalue weighted by Crippen LogP contribution is -2.06. The maximum Gasteiger partial charge on any atom is 0.0473 e. The van der Waals surface area contributed by atoms with Crippen molar-refractivity contribution in [3.63, 3.8) is 0 Å². The lowest BCUT2D eigenvalue weighted by molar-refractivity contribution is 1.06. The molecule has 0 fully saturated rings. The highest BCUT2D eigenvalue weighted by molar-refractivity contribution is 6.01. The van der Waals surface area contributed by atoms with E-state index >= 15 is 0 Å². The average Bonchev–Trinajstić information content (AvgIpc) is 2.58. The summed E-state index contributed by atoms with van der Waals surface area (Å²) in [6.45, 7) is 14.7. The quantitative estimate of drug-likeness (QED) is 0.543. The maximum absolute atomic E-state index is 4.92. The van der Waals surface area contributed by atoms with Crippen molar-refractivity contribution in [3.05, 3.63) is 94.2 Å². The topological polar surface area (TPSA) is 12.4 Å². The summed E-state index contributed by atoms with van der Waals surface area (Å²) < 4.78 is 0. The van der Waals surface area contributed by atoms with Crippen molar-refractivity contribution in [2.24, 2.45) is 4.99 Å². The first kappa shape index (κ1) is 18.9. The smallest absolute Gasteiger partial charge is 0.0473 e. The summed E-state index contributed by atoms with van der Waals surface area (Å²) >= 11 is 0. The lowest BCUT2D eigenvalue weighted by atomic mass is 9.99. The Bertz CT molecular complexity index is 807. The van der Waals surface area contributed by atoms with Crippen molar-refractivity contribution in [1.29, 1.82) is 0 Å². The van der Waals surface area contributed by atoms with E-state index < -0.39 is 0 Å². The third-order valence-electron chi connectivity index (χ3n) is 4.67. The number of nitrogens with zero attached hydrogens (tertiary/aromatic N) is 1. The molecule has 0 radical (unpaired) electrons. The van der Waals surface area contributed by atoms with Crippen molar-refractivity contribution in [2.75, 3.05) is 0 Å². The zero-order chi connectivity index (χ0) is 18.4. The van der Waals surface area contributed by atoms with E-state index in [1.807, 2.05) is 6.92 Å². The van der Waals surface area contributed by atoms with Crippen molar-refractivity contribution >= 4 is 5.71 Å². The number of hydrogen-bond acceptors (Lipinski definition) is 1. The Kier molecular flexibility index (Phi) is 6.52. The van der Waals surface area contributed by atoms with E-state index in [4.69, 9.17) is 4.99 Å². The Hall–Kier alpha value is -2.41. The van der Waals surface area contributed by atoms with Gasteiger partial charge >= 0.3 is 0 Å². The molecule has 0 aromatic heterocycles. The highest BCUT2D eigenvalue weighted by Crippen LogP contribution is 2.16. The fourth-order valence-electron chi connectivity index (χ4n) is 2.72. The third-order valence-corrected chi connectivity index (χ3v) is 4.67. The molecule has 130 valence electrons. The summed E-state index contributed by atoms with van der Waals surface area (Å²) in [6.07, 6.45) is 1.76. The van der Waals surface area contributed by atoms with Gasteiger partial charge in [0, 0.05) is 17.8 Å². The maximum atomic E-state index is 4.92. The number of hydrogen-bond donors (Lipinski definition) is 0. The van der Waals surface area contributed by atoms with Crippen LogP contribution in [0.2, 0.25) is 0 Å². The zero-order valence-corrected chi connectivity index (χ0v) is 16.2. The minimum absolute atomic E-state index is 0.826. The van der Waals surface area contributed by atoms with Crippen molar-refractivity contribution in [1.82, 2.24) is 0 Å². The monoisotopic (exact) mass is 331 g/mol. The van der Waals surface area contributed by atoms with Gasteiger partial charge in [0.05, 0.1) is 0 Å². The molecule has 0 atom stereocenters.